The van der Waals surface area contributed by atoms with Crippen LogP contribution < -0.4 is 0 Å². The van der Waals surface area contributed by atoms with Gasteiger partial charge in [-0.05, 0) is 41.5 Å². The number of carbonyl (C=O) groups is 1. The number of carbonyl (C=O) groups excluding carboxylic acids is 1. The number of aromatic amines is 1. The third-order valence-electron chi connectivity index (χ3n) is 4.68. The van der Waals surface area contributed by atoms with Crippen LogP contribution in [0.3, 0.4) is 0 Å². The molecule has 0 aliphatic heterocycles. The summed E-state index contributed by atoms with van der Waals surface area (Å²) in [4.78, 5) is 19.1. The number of benzene rings is 1. The predicted octanol–water partition coefficient (Wildman–Crippen LogP) is 5.71. The number of nitrogens with one attached hydrogen (secondary N) is 1. The zero-order chi connectivity index (χ0) is 19.5. The lowest BCUT2D eigenvalue weighted by Gasteiger charge is -2.14. The molecule has 3 nitrogen and oxygen atoms in total. The van der Waals surface area contributed by atoms with E-state index in [0.717, 1.165) is 28.2 Å². The molecule has 26 heavy (non-hydrogen) atoms. The molecule has 0 fully saturated rings. The largest absolute Gasteiger partial charge is 0.402 e. The van der Waals surface area contributed by atoms with Crippen LogP contribution in [0.25, 0.3) is 16.6 Å². The average molecular weight is 366 g/mol. The molecular formula is C20H25F3N2O. The van der Waals surface area contributed by atoms with E-state index >= 15 is 0 Å². The maximum Gasteiger partial charge on any atom is 0.402 e. The van der Waals surface area contributed by atoms with Gasteiger partial charge in [-0.2, -0.15) is 13.2 Å². The summed E-state index contributed by atoms with van der Waals surface area (Å²) in [6.07, 6.45) is -0.677. The van der Waals surface area contributed by atoms with E-state index in [2.05, 4.69) is 9.97 Å². The van der Waals surface area contributed by atoms with Gasteiger partial charge in [0.2, 0.25) is 0 Å². The number of imidazole rings is 1. The number of fused-ring (bicyclic) bond motifs is 5. The predicted molar refractivity (Wildman–Crippen MR) is 97.7 cm³/mol. The summed E-state index contributed by atoms with van der Waals surface area (Å²) in [5.74, 6) is -2.72. The van der Waals surface area contributed by atoms with E-state index in [4.69, 9.17) is 0 Å². The highest BCUT2D eigenvalue weighted by atomic mass is 19.4. The lowest BCUT2D eigenvalue weighted by atomic mass is 9.96. The van der Waals surface area contributed by atoms with Crippen LogP contribution in [0.15, 0.2) is 24.5 Å². The molecule has 0 saturated heterocycles. The summed E-state index contributed by atoms with van der Waals surface area (Å²) in [7, 11) is 0. The van der Waals surface area contributed by atoms with Crippen LogP contribution >= 0.6 is 0 Å². The number of nitrogens with zero attached hydrogens (tertiary/aromatic N) is 1. The van der Waals surface area contributed by atoms with Crippen LogP contribution in [0.4, 0.5) is 13.2 Å². The van der Waals surface area contributed by atoms with Gasteiger partial charge in [-0.15, -0.1) is 0 Å². The number of allylic oxidation sites excluding steroid dienone is 2. The molecule has 2 unspecified atom stereocenters. The minimum absolute atomic E-state index is 0.0198. The van der Waals surface area contributed by atoms with Gasteiger partial charge in [0.05, 0.1) is 17.4 Å². The number of halogens is 3. The second-order valence-electron chi connectivity index (χ2n) is 5.94. The number of hydrogen-bond donors (Lipinski definition) is 1. The van der Waals surface area contributed by atoms with Crippen molar-refractivity contribution < 1.29 is 18.0 Å². The number of H-pyrrole nitrogens is 1. The normalized spacial score (nSPS) is 21.5. The van der Waals surface area contributed by atoms with Crippen molar-refractivity contribution in [3.63, 3.8) is 0 Å². The van der Waals surface area contributed by atoms with E-state index in [1.54, 1.807) is 6.33 Å². The molecule has 0 amide bonds. The van der Waals surface area contributed by atoms with Crippen LogP contribution in [0.1, 0.15) is 51.7 Å². The molecule has 0 spiro atoms. The summed E-state index contributed by atoms with van der Waals surface area (Å²) in [6, 6.07) is 3.67. The average Bonchev–Trinajstić information content (AvgIpc) is 3.20. The Bertz CT molecular complexity index is 805. The van der Waals surface area contributed by atoms with E-state index in [9.17, 15) is 18.0 Å². The van der Waals surface area contributed by atoms with Gasteiger partial charge in [0.1, 0.15) is 11.7 Å². The topological polar surface area (TPSA) is 45.8 Å². The summed E-state index contributed by atoms with van der Waals surface area (Å²) >= 11 is 0. The first-order valence-corrected chi connectivity index (χ1v) is 9.21. The smallest absolute Gasteiger partial charge is 0.345 e. The van der Waals surface area contributed by atoms with Crippen LogP contribution in [0.5, 0.6) is 0 Å². The maximum absolute atomic E-state index is 13.1. The summed E-state index contributed by atoms with van der Waals surface area (Å²) in [5, 5.41) is 0. The van der Waals surface area contributed by atoms with Crippen LogP contribution in [0.2, 0.25) is 0 Å². The fourth-order valence-electron chi connectivity index (χ4n) is 3.62. The Morgan fingerprint density at radius 2 is 1.85 bits per heavy atom. The molecule has 4 rings (SSSR count). The Morgan fingerprint density at radius 1 is 1.15 bits per heavy atom. The molecule has 1 aromatic heterocycles. The lowest BCUT2D eigenvalue weighted by Crippen LogP contribution is -2.28. The highest BCUT2D eigenvalue weighted by Crippen LogP contribution is 2.46. The van der Waals surface area contributed by atoms with Gasteiger partial charge < -0.3 is 4.98 Å². The van der Waals surface area contributed by atoms with Gasteiger partial charge in [-0.1, -0.05) is 39.8 Å². The maximum atomic E-state index is 13.1. The molecule has 6 heteroatoms. The molecule has 0 saturated carbocycles. The van der Waals surface area contributed by atoms with Crippen LogP contribution in [-0.4, -0.2) is 21.9 Å². The van der Waals surface area contributed by atoms with Crippen LogP contribution in [-0.2, 0) is 11.2 Å². The molecule has 142 valence electrons. The van der Waals surface area contributed by atoms with E-state index in [1.165, 1.54) is 0 Å². The molecule has 2 aromatic rings. The minimum Gasteiger partial charge on any atom is -0.345 e. The third-order valence-corrected chi connectivity index (χ3v) is 4.68. The van der Waals surface area contributed by atoms with Gasteiger partial charge in [0.25, 0.3) is 0 Å². The third kappa shape index (κ3) is 3.55. The van der Waals surface area contributed by atoms with Crippen molar-refractivity contribution in [3.8, 4) is 0 Å². The van der Waals surface area contributed by atoms with Gasteiger partial charge in [0.15, 0.2) is 0 Å². The fourth-order valence-corrected chi connectivity index (χ4v) is 3.62. The number of alkyl halides is 3. The fraction of sp³-hybridized carbons (Fsp3) is 0.500. The number of aromatic nitrogens is 2. The van der Waals surface area contributed by atoms with Crippen molar-refractivity contribution in [2.75, 3.05) is 0 Å². The molecule has 0 radical (unpaired) electrons. The molecular weight excluding hydrogens is 341 g/mol. The second kappa shape index (κ2) is 8.06. The molecule has 1 N–H and O–H groups in total. The number of ketones is 1. The zero-order valence-electron chi connectivity index (χ0n) is 15.6. The molecule has 1 heterocycles. The van der Waals surface area contributed by atoms with Crippen molar-refractivity contribution in [3.05, 3.63) is 35.7 Å². The van der Waals surface area contributed by atoms with Gasteiger partial charge in [-0.25, -0.2) is 4.98 Å². The minimum atomic E-state index is -4.52. The van der Waals surface area contributed by atoms with Gasteiger partial charge in [0, 0.05) is 6.42 Å². The van der Waals surface area contributed by atoms with Crippen molar-refractivity contribution in [1.82, 2.24) is 9.97 Å². The first kappa shape index (κ1) is 20.2. The molecule has 2 aliphatic carbocycles. The molecule has 2 aliphatic rings. The van der Waals surface area contributed by atoms with Crippen molar-refractivity contribution in [1.29, 1.82) is 0 Å². The van der Waals surface area contributed by atoms with Crippen molar-refractivity contribution in [2.24, 2.45) is 11.8 Å². The Kier molecular flexibility index (Phi) is 6.26. The monoisotopic (exact) mass is 366 g/mol. The van der Waals surface area contributed by atoms with Gasteiger partial charge >= 0.3 is 6.18 Å². The number of Topliss-reactive ketones (excluding diaryl/α,β-unsaturated/α-hetero) is 1. The van der Waals surface area contributed by atoms with Gasteiger partial charge in [-0.3, -0.25) is 4.79 Å². The van der Waals surface area contributed by atoms with Crippen molar-refractivity contribution >= 4 is 22.4 Å². The standard InChI is InChI=1S/C16H13F3N2O.2C2H6/c17-16(18,19)12-6-10-8(1-4-14(12)22)5-11-9(10)2-3-13-15(11)21-7-20-13;2*1-2/h2-3,6-8,12H,1,4-5H2,(H,20,21);2*1-2H3. The summed E-state index contributed by atoms with van der Waals surface area (Å²) in [6.45, 7) is 8.00. The molecule has 2 atom stereocenters. The van der Waals surface area contributed by atoms with E-state index in [0.29, 0.717) is 18.4 Å². The van der Waals surface area contributed by atoms with E-state index in [1.807, 2.05) is 39.8 Å². The van der Waals surface area contributed by atoms with Crippen LogP contribution in [0, 0.1) is 11.8 Å². The second-order valence-corrected chi connectivity index (χ2v) is 5.94. The first-order chi connectivity index (χ1) is 12.4. The molecule has 0 bridgehead atoms. The Hall–Kier alpha value is -2.11. The Labute approximate surface area is 151 Å². The zero-order valence-corrected chi connectivity index (χ0v) is 15.6. The Balaban J connectivity index is 0.000000570. The number of hydrogen-bond acceptors (Lipinski definition) is 2. The summed E-state index contributed by atoms with van der Waals surface area (Å²) < 4.78 is 39.4. The first-order valence-electron chi connectivity index (χ1n) is 9.21. The SMILES string of the molecule is CC.CC.O=C1CCC2Cc3c(ccc4[nH]cnc34)C2=CC1C(F)(F)F. The van der Waals surface area contributed by atoms with E-state index in [-0.39, 0.29) is 12.3 Å². The lowest BCUT2D eigenvalue weighted by molar-refractivity contribution is -0.170. The Morgan fingerprint density at radius 3 is 2.50 bits per heavy atom. The summed E-state index contributed by atoms with van der Waals surface area (Å²) in [5.41, 5.74) is 4.17. The number of rotatable bonds is 0. The van der Waals surface area contributed by atoms with Crippen molar-refractivity contribution in [2.45, 2.75) is 53.1 Å². The molecule has 1 aromatic carbocycles. The highest BCUT2D eigenvalue weighted by molar-refractivity contribution is 5.92. The highest BCUT2D eigenvalue weighted by Gasteiger charge is 2.46. The quantitative estimate of drug-likeness (QED) is 0.649. The van der Waals surface area contributed by atoms with E-state index < -0.39 is 17.9 Å².